The average Bonchev–Trinajstić information content (AvgIpc) is 1.86. The van der Waals surface area contributed by atoms with Crippen molar-refractivity contribution in [2.24, 2.45) is 11.1 Å². The van der Waals surface area contributed by atoms with Crippen molar-refractivity contribution in [2.45, 2.75) is 6.92 Å². The maximum absolute atomic E-state index is 10.5. The van der Waals surface area contributed by atoms with Crippen LogP contribution in [0.3, 0.4) is 0 Å². The maximum atomic E-state index is 10.5. The van der Waals surface area contributed by atoms with Gasteiger partial charge in [-0.2, -0.15) is 0 Å². The van der Waals surface area contributed by atoms with Gasteiger partial charge in [-0.15, -0.1) is 23.2 Å². The highest BCUT2D eigenvalue weighted by Gasteiger charge is 2.28. The number of alkyl halides is 2. The van der Waals surface area contributed by atoms with Gasteiger partial charge in [-0.1, -0.05) is 0 Å². The van der Waals surface area contributed by atoms with Gasteiger partial charge in [0.05, 0.1) is 5.41 Å². The fourth-order valence-electron chi connectivity index (χ4n) is 0.167. The molecule has 2 N–H and O–H groups in total. The standard InChI is InChI=1S/C5H9Cl2NO/c1-5(2-6,3-7)4(8)9/h2-3H2,1H3,(H2,8,9). The van der Waals surface area contributed by atoms with Crippen molar-refractivity contribution in [3.8, 4) is 0 Å². The molecule has 0 aliphatic heterocycles. The van der Waals surface area contributed by atoms with Crippen LogP contribution in [0, 0.1) is 5.41 Å². The van der Waals surface area contributed by atoms with E-state index in [4.69, 9.17) is 28.9 Å². The Morgan fingerprint density at radius 2 is 1.89 bits per heavy atom. The molecule has 0 spiro atoms. The summed E-state index contributed by atoms with van der Waals surface area (Å²) in [5.74, 6) is -0.106. The summed E-state index contributed by atoms with van der Waals surface area (Å²) in [4.78, 5) is 10.5. The molecule has 0 saturated heterocycles. The minimum atomic E-state index is -0.747. The minimum absolute atomic E-state index is 0.172. The predicted molar refractivity (Wildman–Crippen MR) is 38.7 cm³/mol. The molecule has 0 bridgehead atoms. The van der Waals surface area contributed by atoms with Crippen LogP contribution in [0.25, 0.3) is 0 Å². The van der Waals surface area contributed by atoms with Gasteiger partial charge in [0.2, 0.25) is 5.91 Å². The largest absolute Gasteiger partial charge is 0.369 e. The molecule has 0 rings (SSSR count). The van der Waals surface area contributed by atoms with Crippen molar-refractivity contribution >= 4 is 29.1 Å². The molecule has 2 nitrogen and oxygen atoms in total. The number of nitrogens with two attached hydrogens (primary N) is 1. The van der Waals surface area contributed by atoms with E-state index in [2.05, 4.69) is 0 Å². The number of hydrogen-bond acceptors (Lipinski definition) is 1. The predicted octanol–water partition coefficient (Wildman–Crippen LogP) is 0.956. The van der Waals surface area contributed by atoms with Gasteiger partial charge in [-0.25, -0.2) is 0 Å². The smallest absolute Gasteiger partial charge is 0.225 e. The molecule has 0 radical (unpaired) electrons. The lowest BCUT2D eigenvalue weighted by Gasteiger charge is -2.18. The highest BCUT2D eigenvalue weighted by Crippen LogP contribution is 2.18. The van der Waals surface area contributed by atoms with E-state index < -0.39 is 11.3 Å². The van der Waals surface area contributed by atoms with Crippen molar-refractivity contribution in [3.05, 3.63) is 0 Å². The number of primary amides is 1. The summed E-state index contributed by atoms with van der Waals surface area (Å²) in [6.45, 7) is 1.63. The van der Waals surface area contributed by atoms with E-state index in [1.807, 2.05) is 0 Å². The van der Waals surface area contributed by atoms with Crippen molar-refractivity contribution in [3.63, 3.8) is 0 Å². The minimum Gasteiger partial charge on any atom is -0.369 e. The number of carbonyl (C=O) groups excluding carboxylic acids is 1. The lowest BCUT2D eigenvalue weighted by molar-refractivity contribution is -0.124. The number of carbonyl (C=O) groups is 1. The van der Waals surface area contributed by atoms with E-state index >= 15 is 0 Å². The van der Waals surface area contributed by atoms with E-state index in [9.17, 15) is 4.79 Å². The molecule has 0 unspecified atom stereocenters. The molecule has 0 atom stereocenters. The van der Waals surface area contributed by atoms with Crippen LogP contribution < -0.4 is 5.73 Å². The second-order valence-electron chi connectivity index (χ2n) is 2.19. The van der Waals surface area contributed by atoms with E-state index in [0.717, 1.165) is 0 Å². The van der Waals surface area contributed by atoms with Crippen LogP contribution >= 0.6 is 23.2 Å². The van der Waals surface area contributed by atoms with E-state index in [1.54, 1.807) is 6.92 Å². The second-order valence-corrected chi connectivity index (χ2v) is 2.73. The average molecular weight is 170 g/mol. The van der Waals surface area contributed by atoms with Gasteiger partial charge in [0.15, 0.2) is 0 Å². The molecule has 9 heavy (non-hydrogen) atoms. The number of amides is 1. The first kappa shape index (κ1) is 9.05. The molecule has 0 saturated carbocycles. The summed E-state index contributed by atoms with van der Waals surface area (Å²) in [7, 11) is 0. The van der Waals surface area contributed by atoms with E-state index in [-0.39, 0.29) is 11.8 Å². The second kappa shape index (κ2) is 3.28. The van der Waals surface area contributed by atoms with Crippen LogP contribution in [0.4, 0.5) is 0 Å². The van der Waals surface area contributed by atoms with Crippen LogP contribution in [0.1, 0.15) is 6.92 Å². The highest BCUT2D eigenvalue weighted by molar-refractivity contribution is 6.23. The Bertz CT molecular complexity index is 112. The van der Waals surface area contributed by atoms with E-state index in [1.165, 1.54) is 0 Å². The Labute approximate surface area is 64.3 Å². The first-order chi connectivity index (χ1) is 4.06. The van der Waals surface area contributed by atoms with Gasteiger partial charge in [-0.3, -0.25) is 4.79 Å². The van der Waals surface area contributed by atoms with E-state index in [0.29, 0.717) is 0 Å². The third-order valence-corrected chi connectivity index (χ3v) is 2.36. The zero-order chi connectivity index (χ0) is 7.49. The molecule has 0 aliphatic rings. The monoisotopic (exact) mass is 169 g/mol. The van der Waals surface area contributed by atoms with Gasteiger partial charge in [0.25, 0.3) is 0 Å². The molecule has 0 aromatic heterocycles. The van der Waals surface area contributed by atoms with Gasteiger partial charge < -0.3 is 5.73 Å². The molecule has 0 aromatic carbocycles. The number of halogens is 2. The van der Waals surface area contributed by atoms with Gasteiger partial charge in [0.1, 0.15) is 0 Å². The molecule has 0 fully saturated rings. The summed E-state index contributed by atoms with van der Waals surface area (Å²) in [6, 6.07) is 0. The van der Waals surface area contributed by atoms with Crippen LogP contribution in [0.2, 0.25) is 0 Å². The van der Waals surface area contributed by atoms with Crippen LogP contribution in [0.15, 0.2) is 0 Å². The van der Waals surface area contributed by atoms with Crippen molar-refractivity contribution < 1.29 is 4.79 Å². The Morgan fingerprint density at radius 1 is 1.56 bits per heavy atom. The molecule has 0 aromatic rings. The molecule has 54 valence electrons. The lowest BCUT2D eigenvalue weighted by atomic mass is 9.96. The first-order valence-electron chi connectivity index (χ1n) is 2.48. The van der Waals surface area contributed by atoms with Gasteiger partial charge in [-0.05, 0) is 6.92 Å². The summed E-state index contributed by atoms with van der Waals surface area (Å²) in [5, 5.41) is 0. The Morgan fingerprint density at radius 3 is 1.89 bits per heavy atom. The molecular formula is C5H9Cl2NO. The zero-order valence-electron chi connectivity index (χ0n) is 5.16. The van der Waals surface area contributed by atoms with Crippen LogP contribution in [-0.4, -0.2) is 17.7 Å². The molecular weight excluding hydrogens is 161 g/mol. The third kappa shape index (κ3) is 2.03. The maximum Gasteiger partial charge on any atom is 0.225 e. The lowest BCUT2D eigenvalue weighted by Crippen LogP contribution is -2.37. The van der Waals surface area contributed by atoms with Gasteiger partial charge in [0, 0.05) is 11.8 Å². The van der Waals surface area contributed by atoms with Gasteiger partial charge >= 0.3 is 0 Å². The third-order valence-electron chi connectivity index (χ3n) is 1.18. The topological polar surface area (TPSA) is 43.1 Å². The zero-order valence-corrected chi connectivity index (χ0v) is 6.67. The Balaban J connectivity index is 4.09. The number of hydrogen-bond donors (Lipinski definition) is 1. The Kier molecular flexibility index (Phi) is 3.30. The SMILES string of the molecule is CC(CCl)(CCl)C(N)=O. The Hall–Kier alpha value is 0.0500. The summed E-state index contributed by atoms with van der Waals surface area (Å²) in [6.07, 6.45) is 0. The van der Waals surface area contributed by atoms with Crippen molar-refractivity contribution in [1.29, 1.82) is 0 Å². The molecule has 4 heteroatoms. The summed E-state index contributed by atoms with van der Waals surface area (Å²) < 4.78 is 0. The fourth-order valence-corrected chi connectivity index (χ4v) is 0.717. The quantitative estimate of drug-likeness (QED) is 0.629. The number of rotatable bonds is 3. The first-order valence-corrected chi connectivity index (χ1v) is 3.55. The van der Waals surface area contributed by atoms with Crippen molar-refractivity contribution in [1.82, 2.24) is 0 Å². The molecule has 1 amide bonds. The summed E-state index contributed by atoms with van der Waals surface area (Å²) >= 11 is 10.8. The molecule has 0 heterocycles. The molecule has 0 aliphatic carbocycles. The van der Waals surface area contributed by atoms with Crippen LogP contribution in [-0.2, 0) is 4.79 Å². The normalized spacial score (nSPS) is 11.4. The van der Waals surface area contributed by atoms with Crippen LogP contribution in [0.5, 0.6) is 0 Å². The highest BCUT2D eigenvalue weighted by atomic mass is 35.5. The fraction of sp³-hybridized carbons (Fsp3) is 0.800. The summed E-state index contributed by atoms with van der Waals surface area (Å²) in [5.41, 5.74) is 4.24. The van der Waals surface area contributed by atoms with Crippen molar-refractivity contribution in [2.75, 3.05) is 11.8 Å².